The van der Waals surface area contributed by atoms with E-state index in [0.29, 0.717) is 5.92 Å². The maximum absolute atomic E-state index is 5.34. The van der Waals surface area contributed by atoms with Gasteiger partial charge in [0.1, 0.15) is 0 Å². The lowest BCUT2D eigenvalue weighted by molar-refractivity contribution is 0.121. The summed E-state index contributed by atoms with van der Waals surface area (Å²) in [5.74, 6) is 3.88. The third-order valence-corrected chi connectivity index (χ3v) is 3.73. The van der Waals surface area contributed by atoms with Gasteiger partial charge in [0.25, 0.3) is 0 Å². The van der Waals surface area contributed by atoms with Crippen molar-refractivity contribution in [3.8, 4) is 0 Å². The molecule has 0 amide bonds. The Morgan fingerprint density at radius 3 is 2.59 bits per heavy atom. The van der Waals surface area contributed by atoms with Gasteiger partial charge in [-0.1, -0.05) is 19.0 Å². The van der Waals surface area contributed by atoms with Crippen LogP contribution in [-0.4, -0.2) is 28.1 Å². The molecule has 0 spiro atoms. The van der Waals surface area contributed by atoms with Gasteiger partial charge in [0.15, 0.2) is 5.82 Å². The number of hydrogen-bond acceptors (Lipinski definition) is 4. The quantitative estimate of drug-likeness (QED) is 0.807. The fourth-order valence-electron chi connectivity index (χ4n) is 2.95. The molecule has 0 unspecified atom stereocenters. The summed E-state index contributed by atoms with van der Waals surface area (Å²) in [4.78, 5) is 6.94. The fraction of sp³-hybridized carbons (Fsp3) is 0.846. The average Bonchev–Trinajstić information content (AvgIpc) is 2.99. The van der Waals surface area contributed by atoms with Crippen molar-refractivity contribution in [2.24, 2.45) is 11.8 Å². The molecule has 1 aromatic heterocycles. The van der Waals surface area contributed by atoms with Crippen molar-refractivity contribution in [3.63, 3.8) is 0 Å². The first-order chi connectivity index (χ1) is 8.20. The molecule has 17 heavy (non-hydrogen) atoms. The second-order valence-corrected chi connectivity index (χ2v) is 5.96. The molecule has 0 aromatic carbocycles. The molecular weight excluding hydrogens is 214 g/mol. The summed E-state index contributed by atoms with van der Waals surface area (Å²) in [5, 5.41) is 4.07. The largest absolute Gasteiger partial charge is 0.338 e. The monoisotopic (exact) mass is 235 g/mol. The van der Waals surface area contributed by atoms with Crippen LogP contribution in [0.5, 0.6) is 0 Å². The molecule has 1 saturated carbocycles. The predicted molar refractivity (Wildman–Crippen MR) is 64.5 cm³/mol. The lowest BCUT2D eigenvalue weighted by atomic mass is 9.92. The summed E-state index contributed by atoms with van der Waals surface area (Å²) in [7, 11) is 0. The molecule has 1 aliphatic carbocycles. The Kier molecular flexibility index (Phi) is 2.90. The van der Waals surface area contributed by atoms with Crippen molar-refractivity contribution in [2.45, 2.75) is 45.6 Å². The molecule has 0 radical (unpaired) electrons. The molecule has 0 N–H and O–H groups in total. The predicted octanol–water partition coefficient (Wildman–Crippen LogP) is 2.42. The van der Waals surface area contributed by atoms with E-state index in [2.05, 4.69) is 28.9 Å². The Bertz CT molecular complexity index is 376. The molecule has 2 aliphatic rings. The average molecular weight is 235 g/mol. The van der Waals surface area contributed by atoms with Gasteiger partial charge in [-0.3, -0.25) is 4.90 Å². The molecule has 2 heterocycles. The van der Waals surface area contributed by atoms with Crippen molar-refractivity contribution < 1.29 is 4.52 Å². The third-order valence-electron chi connectivity index (χ3n) is 3.73. The fourth-order valence-corrected chi connectivity index (χ4v) is 2.95. The van der Waals surface area contributed by atoms with Crippen molar-refractivity contribution in [2.75, 3.05) is 13.1 Å². The molecule has 2 atom stereocenters. The van der Waals surface area contributed by atoms with E-state index in [1.807, 2.05) is 0 Å². The Balaban J connectivity index is 1.60. The summed E-state index contributed by atoms with van der Waals surface area (Å²) in [6, 6.07) is 0. The Labute approximate surface area is 102 Å². The van der Waals surface area contributed by atoms with Gasteiger partial charge in [-0.25, -0.2) is 0 Å². The van der Waals surface area contributed by atoms with E-state index >= 15 is 0 Å². The molecule has 1 saturated heterocycles. The van der Waals surface area contributed by atoms with Gasteiger partial charge >= 0.3 is 0 Å². The van der Waals surface area contributed by atoms with E-state index < -0.39 is 0 Å². The van der Waals surface area contributed by atoms with Crippen LogP contribution in [0.2, 0.25) is 0 Å². The number of nitrogens with zero attached hydrogens (tertiary/aromatic N) is 3. The van der Waals surface area contributed by atoms with Crippen LogP contribution in [0.15, 0.2) is 4.52 Å². The summed E-state index contributed by atoms with van der Waals surface area (Å²) in [6.45, 7) is 7.80. The van der Waals surface area contributed by atoms with Crippen LogP contribution >= 0.6 is 0 Å². The smallest absolute Gasteiger partial charge is 0.240 e. The van der Waals surface area contributed by atoms with Crippen molar-refractivity contribution in [1.29, 1.82) is 0 Å². The molecule has 4 nitrogen and oxygen atoms in total. The van der Waals surface area contributed by atoms with E-state index in [1.54, 1.807) is 0 Å². The minimum absolute atomic E-state index is 0.590. The van der Waals surface area contributed by atoms with Gasteiger partial charge in [0.05, 0.1) is 6.54 Å². The lowest BCUT2D eigenvalue weighted by Crippen LogP contribution is -2.38. The van der Waals surface area contributed by atoms with Crippen LogP contribution in [0.1, 0.15) is 50.7 Å². The summed E-state index contributed by atoms with van der Waals surface area (Å²) < 4.78 is 5.34. The maximum atomic E-state index is 5.34. The summed E-state index contributed by atoms with van der Waals surface area (Å²) in [5.41, 5.74) is 0. The first-order valence-corrected chi connectivity index (χ1v) is 6.75. The highest BCUT2D eigenvalue weighted by Crippen LogP contribution is 2.38. The highest BCUT2D eigenvalue weighted by Gasteiger charge is 2.29. The Hall–Kier alpha value is -0.900. The van der Waals surface area contributed by atoms with E-state index in [0.717, 1.165) is 43.2 Å². The van der Waals surface area contributed by atoms with Crippen molar-refractivity contribution in [1.82, 2.24) is 15.0 Å². The van der Waals surface area contributed by atoms with Gasteiger partial charge in [0, 0.05) is 19.0 Å². The lowest BCUT2D eigenvalue weighted by Gasteiger charge is -2.33. The molecular formula is C13H21N3O. The number of hydrogen-bond donors (Lipinski definition) is 0. The van der Waals surface area contributed by atoms with E-state index in [1.165, 1.54) is 19.3 Å². The van der Waals surface area contributed by atoms with Crippen molar-refractivity contribution in [3.05, 3.63) is 11.7 Å². The molecule has 3 rings (SSSR count). The first kappa shape index (κ1) is 11.2. The van der Waals surface area contributed by atoms with Gasteiger partial charge in [-0.05, 0) is 31.1 Å². The molecule has 94 valence electrons. The highest BCUT2D eigenvalue weighted by atomic mass is 16.5. The molecule has 2 fully saturated rings. The van der Waals surface area contributed by atoms with Crippen LogP contribution in [0.4, 0.5) is 0 Å². The minimum Gasteiger partial charge on any atom is -0.338 e. The number of aromatic nitrogens is 2. The highest BCUT2D eigenvalue weighted by molar-refractivity contribution is 5.03. The second-order valence-electron chi connectivity index (χ2n) is 5.96. The SMILES string of the molecule is C[C@H]1C[C@H](C)CN(Cc2nc(C3CC3)no2)C1. The van der Waals surface area contributed by atoms with Gasteiger partial charge < -0.3 is 4.52 Å². The summed E-state index contributed by atoms with van der Waals surface area (Å²) in [6.07, 6.45) is 3.81. The Morgan fingerprint density at radius 1 is 1.24 bits per heavy atom. The first-order valence-electron chi connectivity index (χ1n) is 6.75. The molecule has 1 aliphatic heterocycles. The normalized spacial score (nSPS) is 30.7. The zero-order valence-electron chi connectivity index (χ0n) is 10.7. The Morgan fingerprint density at radius 2 is 1.94 bits per heavy atom. The van der Waals surface area contributed by atoms with E-state index in [9.17, 15) is 0 Å². The summed E-state index contributed by atoms with van der Waals surface area (Å²) >= 11 is 0. The molecule has 1 aromatic rings. The maximum Gasteiger partial charge on any atom is 0.240 e. The van der Waals surface area contributed by atoms with E-state index in [-0.39, 0.29) is 0 Å². The standard InChI is InChI=1S/C13H21N3O/c1-9-5-10(2)7-16(6-9)8-12-14-13(15-17-12)11-3-4-11/h9-11H,3-8H2,1-2H3/t9-,10-/m0/s1. The van der Waals surface area contributed by atoms with Gasteiger partial charge in [-0.15, -0.1) is 0 Å². The molecule has 0 bridgehead atoms. The number of piperidine rings is 1. The second kappa shape index (κ2) is 4.41. The number of likely N-dealkylation sites (tertiary alicyclic amines) is 1. The van der Waals surface area contributed by atoms with Crippen LogP contribution < -0.4 is 0 Å². The van der Waals surface area contributed by atoms with Crippen molar-refractivity contribution >= 4 is 0 Å². The van der Waals surface area contributed by atoms with Crippen LogP contribution in [-0.2, 0) is 6.54 Å². The van der Waals surface area contributed by atoms with Crippen LogP contribution in [0.25, 0.3) is 0 Å². The van der Waals surface area contributed by atoms with E-state index in [4.69, 9.17) is 4.52 Å². The third kappa shape index (κ3) is 2.68. The minimum atomic E-state index is 0.590. The topological polar surface area (TPSA) is 42.2 Å². The molecule has 4 heteroatoms. The van der Waals surface area contributed by atoms with Gasteiger partial charge in [-0.2, -0.15) is 4.98 Å². The van der Waals surface area contributed by atoms with Crippen LogP contribution in [0, 0.1) is 11.8 Å². The van der Waals surface area contributed by atoms with Gasteiger partial charge in [0.2, 0.25) is 5.89 Å². The zero-order valence-corrected chi connectivity index (χ0v) is 10.7. The van der Waals surface area contributed by atoms with Crippen LogP contribution in [0.3, 0.4) is 0 Å². The zero-order chi connectivity index (χ0) is 11.8. The number of rotatable bonds is 3.